The lowest BCUT2D eigenvalue weighted by molar-refractivity contribution is -0.137. The summed E-state index contributed by atoms with van der Waals surface area (Å²) in [5.74, 6) is 1.65. The van der Waals surface area contributed by atoms with Crippen LogP contribution in [0.2, 0.25) is 0 Å². The number of nitrogens with zero attached hydrogens (tertiary/aromatic N) is 2. The van der Waals surface area contributed by atoms with E-state index >= 15 is 0 Å². The summed E-state index contributed by atoms with van der Waals surface area (Å²) >= 11 is 1.76. The monoisotopic (exact) mass is 464 g/mol. The number of alkyl halides is 3. The lowest BCUT2D eigenvalue weighted by Gasteiger charge is -2.33. The van der Waals surface area contributed by atoms with E-state index in [0.717, 1.165) is 44.1 Å². The Morgan fingerprint density at radius 3 is 2.12 bits per heavy atom. The Hall–Kier alpha value is -1.70. The normalized spacial score (nSPS) is 19.2. The van der Waals surface area contributed by atoms with Crippen LogP contribution >= 0.6 is 11.9 Å². The number of ether oxygens (including phenoxy) is 1. The number of halogens is 3. The van der Waals surface area contributed by atoms with Crippen molar-refractivity contribution in [2.75, 3.05) is 32.8 Å². The lowest BCUT2D eigenvalue weighted by Crippen LogP contribution is -2.42. The van der Waals surface area contributed by atoms with E-state index in [2.05, 4.69) is 33.5 Å². The Bertz CT molecular complexity index is 828. The van der Waals surface area contributed by atoms with Crippen LogP contribution in [-0.4, -0.2) is 42.0 Å². The summed E-state index contributed by atoms with van der Waals surface area (Å²) in [6.07, 6.45) is 2.34. The molecule has 1 saturated carbocycles. The Balaban J connectivity index is 1.18. The van der Waals surface area contributed by atoms with Gasteiger partial charge in [-0.2, -0.15) is 13.2 Å². The van der Waals surface area contributed by atoms with E-state index in [-0.39, 0.29) is 0 Å². The van der Waals surface area contributed by atoms with Crippen LogP contribution in [0, 0.1) is 5.92 Å². The fraction of sp³-hybridized carbons (Fsp3) is 0.520. The van der Waals surface area contributed by atoms with E-state index in [1.807, 2.05) is 0 Å². The van der Waals surface area contributed by atoms with Gasteiger partial charge >= 0.3 is 6.18 Å². The maximum atomic E-state index is 12.7. The molecule has 0 unspecified atom stereocenters. The molecule has 3 nitrogen and oxygen atoms in total. The Morgan fingerprint density at radius 2 is 1.50 bits per heavy atom. The molecule has 1 heterocycles. The van der Waals surface area contributed by atoms with Crippen molar-refractivity contribution in [3.8, 4) is 5.75 Å². The molecule has 2 fully saturated rings. The maximum Gasteiger partial charge on any atom is 0.416 e. The standard InChI is InChI=1S/C25H31F3N2OS/c26-25(27,28)22-8-6-20(7-9-22)18-29-14-16-30(17-15-29)32-24-12-10-23(11-13-24)31-19-21-4-2-1-3-5-21/h6-13,21H,1-5,14-19H2. The molecule has 2 aromatic rings. The highest BCUT2D eigenvalue weighted by Crippen LogP contribution is 2.30. The van der Waals surface area contributed by atoms with Crippen LogP contribution < -0.4 is 4.74 Å². The molecule has 0 radical (unpaired) electrons. The van der Waals surface area contributed by atoms with Gasteiger partial charge < -0.3 is 4.74 Å². The molecule has 0 N–H and O–H groups in total. The minimum atomic E-state index is -4.28. The van der Waals surface area contributed by atoms with Crippen molar-refractivity contribution < 1.29 is 17.9 Å². The quantitative estimate of drug-likeness (QED) is 0.435. The minimum absolute atomic E-state index is 0.590. The number of hydrogen-bond donors (Lipinski definition) is 0. The molecule has 0 amide bonds. The second kappa shape index (κ2) is 10.9. The van der Waals surface area contributed by atoms with Crippen molar-refractivity contribution in [2.24, 2.45) is 5.92 Å². The van der Waals surface area contributed by atoms with E-state index in [0.29, 0.717) is 12.5 Å². The average molecular weight is 465 g/mol. The molecule has 0 aromatic heterocycles. The van der Waals surface area contributed by atoms with Gasteiger partial charge in [-0.3, -0.25) is 4.90 Å². The zero-order chi connectivity index (χ0) is 22.4. The van der Waals surface area contributed by atoms with E-state index in [1.165, 1.54) is 49.1 Å². The fourth-order valence-corrected chi connectivity index (χ4v) is 5.25. The first-order valence-corrected chi connectivity index (χ1v) is 12.3. The highest BCUT2D eigenvalue weighted by molar-refractivity contribution is 7.97. The van der Waals surface area contributed by atoms with Gasteiger partial charge in [0.1, 0.15) is 5.75 Å². The van der Waals surface area contributed by atoms with Crippen molar-refractivity contribution >= 4 is 11.9 Å². The Labute approximate surface area is 193 Å². The summed E-state index contributed by atoms with van der Waals surface area (Å²) in [6, 6.07) is 13.9. The molecule has 0 spiro atoms. The highest BCUT2D eigenvalue weighted by Gasteiger charge is 2.30. The van der Waals surface area contributed by atoms with Gasteiger partial charge in [-0.25, -0.2) is 4.31 Å². The van der Waals surface area contributed by atoms with E-state index < -0.39 is 11.7 Å². The summed E-state index contributed by atoms with van der Waals surface area (Å²) in [4.78, 5) is 3.49. The molecular formula is C25H31F3N2OS. The van der Waals surface area contributed by atoms with Crippen LogP contribution in [0.5, 0.6) is 5.75 Å². The molecule has 0 bridgehead atoms. The second-order valence-corrected chi connectivity index (χ2v) is 9.95. The third kappa shape index (κ3) is 6.90. The predicted octanol–water partition coefficient (Wildman–Crippen LogP) is 6.49. The molecule has 0 atom stereocenters. The molecule has 7 heteroatoms. The first-order chi connectivity index (χ1) is 15.5. The van der Waals surface area contributed by atoms with Crippen LogP contribution in [0.1, 0.15) is 43.2 Å². The van der Waals surface area contributed by atoms with Crippen molar-refractivity contribution in [3.63, 3.8) is 0 Å². The third-order valence-electron chi connectivity index (χ3n) is 6.29. The fourth-order valence-electron chi connectivity index (χ4n) is 4.35. The molecular weight excluding hydrogens is 433 g/mol. The second-order valence-electron chi connectivity index (χ2n) is 8.78. The van der Waals surface area contributed by atoms with Gasteiger partial charge in [-0.1, -0.05) is 31.4 Å². The largest absolute Gasteiger partial charge is 0.493 e. The topological polar surface area (TPSA) is 15.7 Å². The predicted molar refractivity (Wildman–Crippen MR) is 123 cm³/mol. The van der Waals surface area contributed by atoms with E-state index in [1.54, 1.807) is 24.1 Å². The molecule has 1 saturated heterocycles. The Kier molecular flexibility index (Phi) is 8.02. The summed E-state index contributed by atoms with van der Waals surface area (Å²) in [7, 11) is 0. The summed E-state index contributed by atoms with van der Waals surface area (Å²) in [5, 5.41) is 0. The van der Waals surface area contributed by atoms with Gasteiger partial charge in [0.25, 0.3) is 0 Å². The zero-order valence-corrected chi connectivity index (χ0v) is 19.1. The van der Waals surface area contributed by atoms with Crippen LogP contribution in [0.15, 0.2) is 53.4 Å². The zero-order valence-electron chi connectivity index (χ0n) is 18.3. The van der Waals surface area contributed by atoms with Crippen LogP contribution in [0.25, 0.3) is 0 Å². The van der Waals surface area contributed by atoms with Gasteiger partial charge in [0.2, 0.25) is 0 Å². The minimum Gasteiger partial charge on any atom is -0.493 e. The van der Waals surface area contributed by atoms with E-state index in [4.69, 9.17) is 4.74 Å². The van der Waals surface area contributed by atoms with Gasteiger partial charge in [0.05, 0.1) is 12.2 Å². The van der Waals surface area contributed by atoms with E-state index in [9.17, 15) is 13.2 Å². The molecule has 2 aliphatic rings. The van der Waals surface area contributed by atoms with Crippen LogP contribution in [-0.2, 0) is 12.7 Å². The Morgan fingerprint density at radius 1 is 0.844 bits per heavy atom. The van der Waals surface area contributed by atoms with Gasteiger partial charge in [-0.05, 0) is 72.7 Å². The first-order valence-electron chi connectivity index (χ1n) is 11.5. The van der Waals surface area contributed by atoms with Crippen LogP contribution in [0.3, 0.4) is 0 Å². The summed E-state index contributed by atoms with van der Waals surface area (Å²) in [5.41, 5.74) is 0.329. The molecule has 174 valence electrons. The lowest BCUT2D eigenvalue weighted by atomic mass is 9.90. The van der Waals surface area contributed by atoms with Crippen molar-refractivity contribution in [2.45, 2.75) is 49.7 Å². The maximum absolute atomic E-state index is 12.7. The number of benzene rings is 2. The molecule has 1 aliphatic carbocycles. The van der Waals surface area contributed by atoms with Crippen LogP contribution in [0.4, 0.5) is 13.2 Å². The number of piperazine rings is 1. The third-order valence-corrected chi connectivity index (χ3v) is 7.39. The molecule has 1 aliphatic heterocycles. The number of rotatable bonds is 7. The smallest absolute Gasteiger partial charge is 0.416 e. The van der Waals surface area contributed by atoms with Gasteiger partial charge in [0.15, 0.2) is 0 Å². The van der Waals surface area contributed by atoms with Crippen molar-refractivity contribution in [1.82, 2.24) is 9.21 Å². The van der Waals surface area contributed by atoms with Crippen molar-refractivity contribution in [3.05, 3.63) is 59.7 Å². The summed E-state index contributed by atoms with van der Waals surface area (Å²) in [6.45, 7) is 5.15. The molecule has 2 aromatic carbocycles. The summed E-state index contributed by atoms with van der Waals surface area (Å²) < 4.78 is 46.5. The molecule has 4 rings (SSSR count). The molecule has 32 heavy (non-hydrogen) atoms. The first kappa shape index (κ1) is 23.5. The van der Waals surface area contributed by atoms with Gasteiger partial charge in [-0.15, -0.1) is 0 Å². The number of hydrogen-bond acceptors (Lipinski definition) is 4. The van der Waals surface area contributed by atoms with Gasteiger partial charge in [0, 0.05) is 37.6 Å². The average Bonchev–Trinajstić information content (AvgIpc) is 2.80. The highest BCUT2D eigenvalue weighted by atomic mass is 32.2. The SMILES string of the molecule is FC(F)(F)c1ccc(CN2CCN(Sc3ccc(OCC4CCCCC4)cc3)CC2)cc1. The van der Waals surface area contributed by atoms with Crippen molar-refractivity contribution in [1.29, 1.82) is 0 Å².